The highest BCUT2D eigenvalue weighted by atomic mass is 16.5. The molecule has 0 saturated heterocycles. The number of ether oxygens (including phenoxy) is 1. The predicted molar refractivity (Wildman–Crippen MR) is 104 cm³/mol. The number of nitrogens with zero attached hydrogens (tertiary/aromatic N) is 1. The summed E-state index contributed by atoms with van der Waals surface area (Å²) in [4.78, 5) is 25.6. The summed E-state index contributed by atoms with van der Waals surface area (Å²) in [6.07, 6.45) is 5.83. The van der Waals surface area contributed by atoms with E-state index in [0.29, 0.717) is 13.1 Å². The summed E-state index contributed by atoms with van der Waals surface area (Å²) in [7, 11) is 0. The molecule has 0 heterocycles. The van der Waals surface area contributed by atoms with Gasteiger partial charge in [-0.05, 0) is 51.0 Å². The standard InChI is InChI=1S/C20H31N3O3/c1-15(2)26-19-11-9-18(10-12-19)23(16(3)24)14-13-21-20(25)22-17-7-5-4-6-8-17/h9-12,15,17H,4-8,13-14H2,1-3H3,(H2,21,22,25). The first-order chi connectivity index (χ1) is 12.5. The van der Waals surface area contributed by atoms with E-state index >= 15 is 0 Å². The zero-order chi connectivity index (χ0) is 18.9. The van der Waals surface area contributed by atoms with Crippen LogP contribution < -0.4 is 20.3 Å². The molecule has 1 aliphatic carbocycles. The van der Waals surface area contributed by atoms with E-state index in [2.05, 4.69) is 10.6 Å². The van der Waals surface area contributed by atoms with Gasteiger partial charge in [0.05, 0.1) is 6.10 Å². The van der Waals surface area contributed by atoms with Gasteiger partial charge in [-0.15, -0.1) is 0 Å². The smallest absolute Gasteiger partial charge is 0.315 e. The second-order valence-electron chi connectivity index (χ2n) is 7.07. The van der Waals surface area contributed by atoms with E-state index < -0.39 is 0 Å². The van der Waals surface area contributed by atoms with Crippen molar-refractivity contribution in [2.75, 3.05) is 18.0 Å². The molecule has 2 N–H and O–H groups in total. The Bertz CT molecular complexity index is 580. The molecule has 1 saturated carbocycles. The van der Waals surface area contributed by atoms with Crippen molar-refractivity contribution in [1.82, 2.24) is 10.6 Å². The molecule has 6 heteroatoms. The number of rotatable bonds is 7. The Labute approximate surface area is 156 Å². The van der Waals surface area contributed by atoms with Crippen LogP contribution in [0.25, 0.3) is 0 Å². The molecule has 0 atom stereocenters. The normalized spacial score (nSPS) is 14.8. The third kappa shape index (κ3) is 6.58. The molecule has 1 aromatic carbocycles. The van der Waals surface area contributed by atoms with Crippen molar-refractivity contribution in [2.45, 2.75) is 65.0 Å². The molecule has 1 aliphatic rings. The van der Waals surface area contributed by atoms with Gasteiger partial charge in [0.1, 0.15) is 5.75 Å². The average molecular weight is 361 g/mol. The third-order valence-electron chi connectivity index (χ3n) is 4.46. The van der Waals surface area contributed by atoms with Crippen molar-refractivity contribution in [2.24, 2.45) is 0 Å². The van der Waals surface area contributed by atoms with E-state index in [1.54, 1.807) is 4.90 Å². The molecule has 3 amide bonds. The van der Waals surface area contributed by atoms with E-state index in [0.717, 1.165) is 24.3 Å². The topological polar surface area (TPSA) is 70.7 Å². The van der Waals surface area contributed by atoms with E-state index in [1.807, 2.05) is 38.1 Å². The van der Waals surface area contributed by atoms with Gasteiger partial charge in [0, 0.05) is 31.7 Å². The maximum Gasteiger partial charge on any atom is 0.315 e. The lowest BCUT2D eigenvalue weighted by Gasteiger charge is -2.24. The van der Waals surface area contributed by atoms with Crippen LogP contribution in [-0.4, -0.2) is 37.2 Å². The number of urea groups is 1. The second-order valence-corrected chi connectivity index (χ2v) is 7.07. The summed E-state index contributed by atoms with van der Waals surface area (Å²) in [5.74, 6) is 0.717. The average Bonchev–Trinajstić information content (AvgIpc) is 2.60. The largest absolute Gasteiger partial charge is 0.491 e. The number of carbonyl (C=O) groups excluding carboxylic acids is 2. The number of hydrogen-bond acceptors (Lipinski definition) is 3. The van der Waals surface area contributed by atoms with Crippen LogP contribution >= 0.6 is 0 Å². The zero-order valence-electron chi connectivity index (χ0n) is 16.1. The molecule has 0 radical (unpaired) electrons. The van der Waals surface area contributed by atoms with Gasteiger partial charge < -0.3 is 20.3 Å². The van der Waals surface area contributed by atoms with Gasteiger partial charge in [0.2, 0.25) is 5.91 Å². The molecule has 0 unspecified atom stereocenters. The summed E-state index contributed by atoms with van der Waals surface area (Å²) >= 11 is 0. The highest BCUT2D eigenvalue weighted by Gasteiger charge is 2.16. The quantitative estimate of drug-likeness (QED) is 0.781. The van der Waals surface area contributed by atoms with Gasteiger partial charge in [-0.25, -0.2) is 4.79 Å². The van der Waals surface area contributed by atoms with Crippen LogP contribution in [0.4, 0.5) is 10.5 Å². The minimum absolute atomic E-state index is 0.0583. The van der Waals surface area contributed by atoms with E-state index in [-0.39, 0.29) is 24.1 Å². The Kier molecular flexibility index (Phi) is 7.75. The summed E-state index contributed by atoms with van der Waals surface area (Å²) in [5.41, 5.74) is 0.795. The first-order valence-electron chi connectivity index (χ1n) is 9.55. The molecule has 0 aliphatic heterocycles. The van der Waals surface area contributed by atoms with Gasteiger partial charge in [-0.1, -0.05) is 19.3 Å². The number of amides is 3. The molecule has 144 valence electrons. The minimum Gasteiger partial charge on any atom is -0.491 e. The molecule has 1 fully saturated rings. The minimum atomic E-state index is -0.152. The lowest BCUT2D eigenvalue weighted by molar-refractivity contribution is -0.116. The fourth-order valence-corrected chi connectivity index (χ4v) is 3.21. The lowest BCUT2D eigenvalue weighted by atomic mass is 9.96. The lowest BCUT2D eigenvalue weighted by Crippen LogP contribution is -2.45. The summed E-state index contributed by atoms with van der Waals surface area (Å²) in [6, 6.07) is 7.56. The first-order valence-corrected chi connectivity index (χ1v) is 9.55. The number of nitrogens with one attached hydrogen (secondary N) is 2. The fraction of sp³-hybridized carbons (Fsp3) is 0.600. The highest BCUT2D eigenvalue weighted by molar-refractivity contribution is 5.91. The van der Waals surface area contributed by atoms with Crippen LogP contribution in [0.3, 0.4) is 0 Å². The number of anilines is 1. The highest BCUT2D eigenvalue weighted by Crippen LogP contribution is 2.20. The van der Waals surface area contributed by atoms with Crippen LogP contribution in [0.15, 0.2) is 24.3 Å². The van der Waals surface area contributed by atoms with Gasteiger partial charge in [-0.2, -0.15) is 0 Å². The third-order valence-corrected chi connectivity index (χ3v) is 4.46. The number of hydrogen-bond donors (Lipinski definition) is 2. The maximum atomic E-state index is 12.0. The van der Waals surface area contributed by atoms with Gasteiger partial charge in [-0.3, -0.25) is 4.79 Å². The van der Waals surface area contributed by atoms with E-state index in [1.165, 1.54) is 26.2 Å². The van der Waals surface area contributed by atoms with Crippen molar-refractivity contribution in [3.8, 4) is 5.75 Å². The Hall–Kier alpha value is -2.24. The van der Waals surface area contributed by atoms with Gasteiger partial charge in [0.15, 0.2) is 0 Å². The molecule has 26 heavy (non-hydrogen) atoms. The van der Waals surface area contributed by atoms with Crippen molar-refractivity contribution >= 4 is 17.6 Å². The van der Waals surface area contributed by atoms with Crippen molar-refractivity contribution < 1.29 is 14.3 Å². The first kappa shape index (κ1) is 20.1. The Morgan fingerprint density at radius 2 is 1.81 bits per heavy atom. The van der Waals surface area contributed by atoms with Crippen LogP contribution in [0.1, 0.15) is 52.9 Å². The van der Waals surface area contributed by atoms with Crippen LogP contribution in [0.5, 0.6) is 5.75 Å². The van der Waals surface area contributed by atoms with Crippen molar-refractivity contribution in [1.29, 1.82) is 0 Å². The van der Waals surface area contributed by atoms with Crippen molar-refractivity contribution in [3.63, 3.8) is 0 Å². The van der Waals surface area contributed by atoms with Gasteiger partial charge in [0.25, 0.3) is 0 Å². The Morgan fingerprint density at radius 1 is 1.15 bits per heavy atom. The summed E-state index contributed by atoms with van der Waals surface area (Å²) in [5, 5.41) is 5.87. The van der Waals surface area contributed by atoms with E-state index in [4.69, 9.17) is 4.74 Å². The number of benzene rings is 1. The van der Waals surface area contributed by atoms with Crippen LogP contribution in [-0.2, 0) is 4.79 Å². The van der Waals surface area contributed by atoms with Gasteiger partial charge >= 0.3 is 6.03 Å². The SMILES string of the molecule is CC(=O)N(CCNC(=O)NC1CCCCC1)c1ccc(OC(C)C)cc1. The monoisotopic (exact) mass is 361 g/mol. The van der Waals surface area contributed by atoms with Crippen LogP contribution in [0.2, 0.25) is 0 Å². The number of carbonyl (C=O) groups is 2. The zero-order valence-corrected chi connectivity index (χ0v) is 16.1. The molecule has 6 nitrogen and oxygen atoms in total. The molecule has 0 aromatic heterocycles. The van der Waals surface area contributed by atoms with E-state index in [9.17, 15) is 9.59 Å². The molecular formula is C20H31N3O3. The molecular weight excluding hydrogens is 330 g/mol. The predicted octanol–water partition coefficient (Wildman–Crippen LogP) is 3.46. The van der Waals surface area contributed by atoms with Crippen LogP contribution in [0, 0.1) is 0 Å². The van der Waals surface area contributed by atoms with Crippen molar-refractivity contribution in [3.05, 3.63) is 24.3 Å². The Morgan fingerprint density at radius 3 is 2.38 bits per heavy atom. The summed E-state index contributed by atoms with van der Waals surface area (Å²) in [6.45, 7) is 6.31. The fourth-order valence-electron chi connectivity index (χ4n) is 3.21. The molecule has 0 bridgehead atoms. The molecule has 2 rings (SSSR count). The summed E-state index contributed by atoms with van der Waals surface area (Å²) < 4.78 is 5.63. The Balaban J connectivity index is 1.82. The molecule has 1 aromatic rings. The maximum absolute atomic E-state index is 12.0. The second kappa shape index (κ2) is 10.0. The molecule has 0 spiro atoms.